The van der Waals surface area contributed by atoms with Gasteiger partial charge >= 0.3 is 0 Å². The number of aryl methyl sites for hydroxylation is 4. The van der Waals surface area contributed by atoms with Crippen molar-refractivity contribution in [3.63, 3.8) is 0 Å². The second-order valence-electron chi connectivity index (χ2n) is 5.25. The Kier molecular flexibility index (Phi) is 4.78. The summed E-state index contributed by atoms with van der Waals surface area (Å²) >= 11 is 3.35. The SMILES string of the molecule is CCc1cc(Br)c(O)c(N=Nc2c(C)cc(C)cc2C)c1. The lowest BCUT2D eigenvalue weighted by atomic mass is 10.1. The molecule has 21 heavy (non-hydrogen) atoms. The molecule has 0 unspecified atom stereocenters. The maximum atomic E-state index is 10.1. The van der Waals surface area contributed by atoms with Gasteiger partial charge in [-0.2, -0.15) is 0 Å². The van der Waals surface area contributed by atoms with Gasteiger partial charge in [0.1, 0.15) is 5.69 Å². The van der Waals surface area contributed by atoms with Crippen LogP contribution >= 0.6 is 15.9 Å². The molecule has 0 spiro atoms. The zero-order valence-electron chi connectivity index (χ0n) is 12.7. The average molecular weight is 347 g/mol. The van der Waals surface area contributed by atoms with Crippen LogP contribution in [0.15, 0.2) is 39.0 Å². The highest BCUT2D eigenvalue weighted by Gasteiger charge is 2.08. The summed E-state index contributed by atoms with van der Waals surface area (Å²) in [5.41, 5.74) is 5.83. The molecule has 0 saturated carbocycles. The Morgan fingerprint density at radius 3 is 2.19 bits per heavy atom. The summed E-state index contributed by atoms with van der Waals surface area (Å²) in [6.07, 6.45) is 0.879. The zero-order valence-corrected chi connectivity index (χ0v) is 14.3. The van der Waals surface area contributed by atoms with Crippen molar-refractivity contribution in [1.29, 1.82) is 0 Å². The van der Waals surface area contributed by atoms with Gasteiger partial charge in [0.15, 0.2) is 5.75 Å². The molecule has 2 aromatic carbocycles. The summed E-state index contributed by atoms with van der Waals surface area (Å²) in [6.45, 7) is 8.17. The van der Waals surface area contributed by atoms with E-state index in [1.165, 1.54) is 5.56 Å². The van der Waals surface area contributed by atoms with E-state index in [-0.39, 0.29) is 5.75 Å². The van der Waals surface area contributed by atoms with Crippen LogP contribution in [0.25, 0.3) is 0 Å². The van der Waals surface area contributed by atoms with Gasteiger partial charge in [0.25, 0.3) is 0 Å². The van der Waals surface area contributed by atoms with Gasteiger partial charge in [-0.25, -0.2) is 0 Å². The van der Waals surface area contributed by atoms with E-state index in [9.17, 15) is 5.11 Å². The third-order valence-electron chi connectivity index (χ3n) is 3.40. The summed E-state index contributed by atoms with van der Waals surface area (Å²) in [5.74, 6) is 0.123. The predicted octanol–water partition coefficient (Wildman–Crippen LogP) is 6.06. The van der Waals surface area contributed by atoms with Gasteiger partial charge in [-0.1, -0.05) is 24.6 Å². The number of phenolic OH excluding ortho intramolecular Hbond substituents is 1. The number of aromatic hydroxyl groups is 1. The first kappa shape index (κ1) is 15.7. The van der Waals surface area contributed by atoms with E-state index in [0.29, 0.717) is 10.2 Å². The van der Waals surface area contributed by atoms with E-state index in [1.807, 2.05) is 26.0 Å². The minimum atomic E-state index is 0.123. The van der Waals surface area contributed by atoms with Gasteiger partial charge in [-0.3, -0.25) is 0 Å². The average Bonchev–Trinajstić information content (AvgIpc) is 2.41. The second-order valence-corrected chi connectivity index (χ2v) is 6.10. The highest BCUT2D eigenvalue weighted by molar-refractivity contribution is 9.10. The van der Waals surface area contributed by atoms with Gasteiger partial charge in [0.05, 0.1) is 10.2 Å². The Labute approximate surface area is 133 Å². The molecule has 0 saturated heterocycles. The number of hydrogen-bond donors (Lipinski definition) is 1. The number of hydrogen-bond acceptors (Lipinski definition) is 3. The van der Waals surface area contributed by atoms with Crippen LogP contribution < -0.4 is 0 Å². The molecule has 0 aliphatic heterocycles. The molecule has 3 nitrogen and oxygen atoms in total. The lowest BCUT2D eigenvalue weighted by molar-refractivity contribution is 0.473. The topological polar surface area (TPSA) is 45.0 Å². The number of benzene rings is 2. The van der Waals surface area contributed by atoms with Crippen molar-refractivity contribution in [2.75, 3.05) is 0 Å². The third-order valence-corrected chi connectivity index (χ3v) is 4.01. The highest BCUT2D eigenvalue weighted by atomic mass is 79.9. The van der Waals surface area contributed by atoms with Gasteiger partial charge in [-0.05, 0) is 71.9 Å². The Balaban J connectivity index is 2.45. The van der Waals surface area contributed by atoms with Crippen molar-refractivity contribution < 1.29 is 5.11 Å². The van der Waals surface area contributed by atoms with Crippen molar-refractivity contribution in [3.8, 4) is 5.75 Å². The van der Waals surface area contributed by atoms with E-state index >= 15 is 0 Å². The van der Waals surface area contributed by atoms with Crippen molar-refractivity contribution >= 4 is 27.3 Å². The van der Waals surface area contributed by atoms with Crippen LogP contribution in [-0.2, 0) is 6.42 Å². The number of halogens is 1. The molecule has 0 fully saturated rings. The van der Waals surface area contributed by atoms with Gasteiger partial charge in [-0.15, -0.1) is 10.2 Å². The van der Waals surface area contributed by atoms with Crippen LogP contribution in [0, 0.1) is 20.8 Å². The molecule has 0 heterocycles. The summed E-state index contributed by atoms with van der Waals surface area (Å²) in [4.78, 5) is 0. The number of azo groups is 1. The fourth-order valence-corrected chi connectivity index (χ4v) is 2.85. The van der Waals surface area contributed by atoms with Crippen LogP contribution in [0.1, 0.15) is 29.2 Å². The normalized spacial score (nSPS) is 11.3. The Morgan fingerprint density at radius 2 is 1.62 bits per heavy atom. The first-order valence-electron chi connectivity index (χ1n) is 6.93. The number of rotatable bonds is 3. The number of nitrogens with zero attached hydrogens (tertiary/aromatic N) is 2. The van der Waals surface area contributed by atoms with E-state index in [4.69, 9.17) is 0 Å². The summed E-state index contributed by atoms with van der Waals surface area (Å²) < 4.78 is 0.646. The minimum Gasteiger partial charge on any atom is -0.505 e. The molecular formula is C17H19BrN2O. The predicted molar refractivity (Wildman–Crippen MR) is 90.0 cm³/mol. The van der Waals surface area contributed by atoms with Crippen molar-refractivity contribution in [3.05, 3.63) is 51.0 Å². The van der Waals surface area contributed by atoms with E-state index in [0.717, 1.165) is 28.8 Å². The van der Waals surface area contributed by atoms with E-state index in [2.05, 4.69) is 52.1 Å². The molecule has 0 aliphatic carbocycles. The fourth-order valence-electron chi connectivity index (χ4n) is 2.35. The molecular weight excluding hydrogens is 328 g/mol. The van der Waals surface area contributed by atoms with Crippen LogP contribution in [0.4, 0.5) is 11.4 Å². The smallest absolute Gasteiger partial charge is 0.157 e. The molecule has 1 N–H and O–H groups in total. The van der Waals surface area contributed by atoms with E-state index < -0.39 is 0 Å². The molecule has 0 amide bonds. The molecule has 0 bridgehead atoms. The zero-order chi connectivity index (χ0) is 15.6. The maximum absolute atomic E-state index is 10.1. The standard InChI is InChI=1S/C17H19BrN2O/c1-5-13-8-14(18)17(21)15(9-13)19-20-16-11(3)6-10(2)7-12(16)4/h6-9,21H,5H2,1-4H3. The molecule has 0 atom stereocenters. The van der Waals surface area contributed by atoms with Crippen molar-refractivity contribution in [2.24, 2.45) is 10.2 Å². The van der Waals surface area contributed by atoms with E-state index in [1.54, 1.807) is 0 Å². The maximum Gasteiger partial charge on any atom is 0.157 e. The lowest BCUT2D eigenvalue weighted by Crippen LogP contribution is -1.83. The van der Waals surface area contributed by atoms with Gasteiger partial charge < -0.3 is 5.11 Å². The minimum absolute atomic E-state index is 0.123. The third kappa shape index (κ3) is 3.50. The Morgan fingerprint density at radius 1 is 1.00 bits per heavy atom. The molecule has 2 aromatic rings. The van der Waals surface area contributed by atoms with Crippen molar-refractivity contribution in [1.82, 2.24) is 0 Å². The molecule has 0 radical (unpaired) electrons. The summed E-state index contributed by atoms with van der Waals surface area (Å²) in [7, 11) is 0. The lowest BCUT2D eigenvalue weighted by Gasteiger charge is -2.07. The summed E-state index contributed by atoms with van der Waals surface area (Å²) in [5, 5.41) is 18.7. The molecule has 4 heteroatoms. The molecule has 0 aromatic heterocycles. The second kappa shape index (κ2) is 6.39. The summed E-state index contributed by atoms with van der Waals surface area (Å²) in [6, 6.07) is 7.93. The highest BCUT2D eigenvalue weighted by Crippen LogP contribution is 2.37. The first-order valence-corrected chi connectivity index (χ1v) is 7.72. The first-order chi connectivity index (χ1) is 9.92. The molecule has 0 aliphatic rings. The van der Waals surface area contributed by atoms with Crippen LogP contribution in [0.3, 0.4) is 0 Å². The monoisotopic (exact) mass is 346 g/mol. The molecule has 2 rings (SSSR count). The Bertz CT molecular complexity index is 685. The van der Waals surface area contributed by atoms with Gasteiger partial charge in [0.2, 0.25) is 0 Å². The van der Waals surface area contributed by atoms with Crippen LogP contribution in [0.5, 0.6) is 5.75 Å². The van der Waals surface area contributed by atoms with Crippen LogP contribution in [-0.4, -0.2) is 5.11 Å². The number of phenols is 1. The quantitative estimate of drug-likeness (QED) is 0.674. The fraction of sp³-hybridized carbons (Fsp3) is 0.294. The Hall–Kier alpha value is -1.68. The van der Waals surface area contributed by atoms with Crippen LogP contribution in [0.2, 0.25) is 0 Å². The molecule has 110 valence electrons. The van der Waals surface area contributed by atoms with Crippen molar-refractivity contribution in [2.45, 2.75) is 34.1 Å². The van der Waals surface area contributed by atoms with Gasteiger partial charge in [0, 0.05) is 0 Å². The largest absolute Gasteiger partial charge is 0.505 e.